The summed E-state index contributed by atoms with van der Waals surface area (Å²) in [6.45, 7) is 2.19. The average Bonchev–Trinajstić information content (AvgIpc) is 2.05. The number of hydrogen-bond donors (Lipinski definition) is 1. The van der Waals surface area contributed by atoms with Crippen LogP contribution in [0.1, 0.15) is 26.2 Å². The molecule has 10 heavy (non-hydrogen) atoms. The highest BCUT2D eigenvalue weighted by Gasteiger charge is 2.18. The zero-order chi connectivity index (χ0) is 7.40. The lowest BCUT2D eigenvalue weighted by Crippen LogP contribution is -2.31. The van der Waals surface area contributed by atoms with Gasteiger partial charge in [-0.3, -0.25) is 0 Å². The molecule has 0 aliphatic carbocycles. The van der Waals surface area contributed by atoms with Crippen molar-refractivity contribution in [3.05, 3.63) is 0 Å². The lowest BCUT2D eigenvalue weighted by molar-refractivity contribution is 0.386. The van der Waals surface area contributed by atoms with E-state index in [4.69, 9.17) is 5.73 Å². The molecule has 0 saturated carbocycles. The van der Waals surface area contributed by atoms with Crippen molar-refractivity contribution in [3.63, 3.8) is 0 Å². The van der Waals surface area contributed by atoms with E-state index in [9.17, 15) is 0 Å². The van der Waals surface area contributed by atoms with Crippen LogP contribution in [0.15, 0.2) is 0 Å². The topological polar surface area (TPSA) is 26.0 Å². The van der Waals surface area contributed by atoms with Crippen LogP contribution < -0.4 is 5.73 Å². The lowest BCUT2D eigenvalue weighted by Gasteiger charge is -2.26. The summed E-state index contributed by atoms with van der Waals surface area (Å²) in [4.78, 5) is 0. The molecule has 1 unspecified atom stereocenters. The molecule has 2 heteroatoms. The van der Waals surface area contributed by atoms with Gasteiger partial charge in [0.15, 0.2) is 0 Å². The van der Waals surface area contributed by atoms with Crippen molar-refractivity contribution in [2.45, 2.75) is 32.2 Å². The molecule has 1 aliphatic rings. The third-order valence-electron chi connectivity index (χ3n) is 2.34. The highest BCUT2D eigenvalue weighted by molar-refractivity contribution is 7.99. The largest absolute Gasteiger partial charge is 0.327 e. The van der Waals surface area contributed by atoms with Crippen molar-refractivity contribution in [2.75, 3.05) is 11.5 Å². The summed E-state index contributed by atoms with van der Waals surface area (Å²) in [6, 6.07) is 0.473. The van der Waals surface area contributed by atoms with E-state index in [2.05, 4.69) is 18.7 Å². The van der Waals surface area contributed by atoms with Crippen LogP contribution in [0, 0.1) is 5.92 Å². The Kier molecular flexibility index (Phi) is 3.57. The Morgan fingerprint density at radius 3 is 2.60 bits per heavy atom. The molecule has 0 aromatic carbocycles. The Morgan fingerprint density at radius 2 is 2.10 bits per heavy atom. The van der Waals surface area contributed by atoms with Gasteiger partial charge in [0.05, 0.1) is 0 Å². The van der Waals surface area contributed by atoms with Gasteiger partial charge in [-0.25, -0.2) is 0 Å². The molecule has 0 bridgehead atoms. The fourth-order valence-corrected chi connectivity index (χ4v) is 2.62. The standard InChI is InChI=1S/C8H17NS/c1-2-8(9)7-3-5-10-6-4-7/h7-8H,2-6,9H2,1H3. The maximum absolute atomic E-state index is 5.94. The SMILES string of the molecule is CCC(N)C1CCSCC1. The first-order chi connectivity index (χ1) is 4.84. The highest BCUT2D eigenvalue weighted by Crippen LogP contribution is 2.25. The molecule has 0 amide bonds. The smallest absolute Gasteiger partial charge is 0.00651 e. The van der Waals surface area contributed by atoms with Crippen LogP contribution in [0.2, 0.25) is 0 Å². The Morgan fingerprint density at radius 1 is 1.50 bits per heavy atom. The number of nitrogens with two attached hydrogens (primary N) is 1. The van der Waals surface area contributed by atoms with Crippen molar-refractivity contribution in [3.8, 4) is 0 Å². The maximum atomic E-state index is 5.94. The first-order valence-electron chi connectivity index (χ1n) is 4.18. The minimum absolute atomic E-state index is 0.473. The van der Waals surface area contributed by atoms with Crippen molar-refractivity contribution in [1.29, 1.82) is 0 Å². The zero-order valence-electron chi connectivity index (χ0n) is 6.68. The number of rotatable bonds is 2. The number of hydrogen-bond acceptors (Lipinski definition) is 2. The van der Waals surface area contributed by atoms with Gasteiger partial charge in [0.25, 0.3) is 0 Å². The van der Waals surface area contributed by atoms with Crippen LogP contribution in [-0.4, -0.2) is 17.5 Å². The van der Waals surface area contributed by atoms with E-state index in [1.165, 1.54) is 24.3 Å². The van der Waals surface area contributed by atoms with Crippen LogP contribution in [-0.2, 0) is 0 Å². The second kappa shape index (κ2) is 4.24. The van der Waals surface area contributed by atoms with Gasteiger partial charge in [0.1, 0.15) is 0 Å². The Hall–Kier alpha value is 0.310. The fraction of sp³-hybridized carbons (Fsp3) is 1.00. The fourth-order valence-electron chi connectivity index (χ4n) is 1.48. The van der Waals surface area contributed by atoms with Crippen LogP contribution in [0.25, 0.3) is 0 Å². The van der Waals surface area contributed by atoms with Crippen molar-refractivity contribution >= 4 is 11.8 Å². The molecular formula is C8H17NS. The van der Waals surface area contributed by atoms with E-state index in [-0.39, 0.29) is 0 Å². The molecule has 1 saturated heterocycles. The lowest BCUT2D eigenvalue weighted by atomic mass is 9.93. The van der Waals surface area contributed by atoms with Crippen LogP contribution >= 0.6 is 11.8 Å². The molecule has 1 fully saturated rings. The first kappa shape index (κ1) is 8.41. The molecule has 0 aromatic rings. The van der Waals surface area contributed by atoms with Gasteiger partial charge in [-0.2, -0.15) is 11.8 Å². The molecule has 1 heterocycles. The van der Waals surface area contributed by atoms with Crippen LogP contribution in [0.4, 0.5) is 0 Å². The van der Waals surface area contributed by atoms with Crippen LogP contribution in [0.3, 0.4) is 0 Å². The minimum Gasteiger partial charge on any atom is -0.327 e. The van der Waals surface area contributed by atoms with Crippen molar-refractivity contribution in [1.82, 2.24) is 0 Å². The Labute approximate surface area is 67.8 Å². The first-order valence-corrected chi connectivity index (χ1v) is 5.33. The van der Waals surface area contributed by atoms with E-state index in [1.54, 1.807) is 0 Å². The molecule has 60 valence electrons. The summed E-state index contributed by atoms with van der Waals surface area (Å²) in [7, 11) is 0. The molecule has 1 rings (SSSR count). The predicted octanol–water partition coefficient (Wildman–Crippen LogP) is 1.87. The molecule has 0 radical (unpaired) electrons. The van der Waals surface area contributed by atoms with E-state index < -0.39 is 0 Å². The van der Waals surface area contributed by atoms with Gasteiger partial charge in [0, 0.05) is 6.04 Å². The van der Waals surface area contributed by atoms with E-state index in [0.29, 0.717) is 6.04 Å². The summed E-state index contributed by atoms with van der Waals surface area (Å²) in [5, 5.41) is 0. The van der Waals surface area contributed by atoms with Crippen molar-refractivity contribution < 1.29 is 0 Å². The monoisotopic (exact) mass is 159 g/mol. The Bertz CT molecular complexity index is 89.3. The summed E-state index contributed by atoms with van der Waals surface area (Å²) < 4.78 is 0. The third-order valence-corrected chi connectivity index (χ3v) is 3.39. The van der Waals surface area contributed by atoms with Crippen LogP contribution in [0.5, 0.6) is 0 Å². The second-order valence-corrected chi connectivity index (χ2v) is 4.25. The van der Waals surface area contributed by atoms with E-state index >= 15 is 0 Å². The maximum Gasteiger partial charge on any atom is 0.00651 e. The molecule has 2 N–H and O–H groups in total. The molecule has 1 aliphatic heterocycles. The summed E-state index contributed by atoms with van der Waals surface area (Å²) in [5.41, 5.74) is 5.94. The summed E-state index contributed by atoms with van der Waals surface area (Å²) in [5.74, 6) is 3.49. The van der Waals surface area contributed by atoms with Gasteiger partial charge < -0.3 is 5.73 Å². The van der Waals surface area contributed by atoms with Gasteiger partial charge in [-0.05, 0) is 36.7 Å². The van der Waals surface area contributed by atoms with Gasteiger partial charge in [0.2, 0.25) is 0 Å². The van der Waals surface area contributed by atoms with Gasteiger partial charge >= 0.3 is 0 Å². The summed E-state index contributed by atoms with van der Waals surface area (Å²) >= 11 is 2.07. The minimum atomic E-state index is 0.473. The third kappa shape index (κ3) is 2.17. The van der Waals surface area contributed by atoms with E-state index in [1.807, 2.05) is 0 Å². The van der Waals surface area contributed by atoms with Crippen molar-refractivity contribution in [2.24, 2.45) is 11.7 Å². The highest BCUT2D eigenvalue weighted by atomic mass is 32.2. The molecule has 0 spiro atoms. The zero-order valence-corrected chi connectivity index (χ0v) is 7.49. The predicted molar refractivity (Wildman–Crippen MR) is 48.3 cm³/mol. The molecule has 1 nitrogen and oxygen atoms in total. The van der Waals surface area contributed by atoms with Gasteiger partial charge in [-0.1, -0.05) is 6.92 Å². The van der Waals surface area contributed by atoms with Gasteiger partial charge in [-0.15, -0.1) is 0 Å². The molecule has 1 atom stereocenters. The molecule has 0 aromatic heterocycles. The normalized spacial score (nSPS) is 24.6. The summed E-state index contributed by atoms with van der Waals surface area (Å²) in [6.07, 6.45) is 3.84. The second-order valence-electron chi connectivity index (χ2n) is 3.02. The Balaban J connectivity index is 2.24. The average molecular weight is 159 g/mol. The van der Waals surface area contributed by atoms with E-state index in [0.717, 1.165) is 12.3 Å². The quantitative estimate of drug-likeness (QED) is 0.665. The number of thioether (sulfide) groups is 1. The molecular weight excluding hydrogens is 142 g/mol.